The van der Waals surface area contributed by atoms with E-state index in [1.165, 1.54) is 24.3 Å². The summed E-state index contributed by atoms with van der Waals surface area (Å²) in [5.74, 6) is 3.99. The number of imidazole rings is 1. The number of nitrogens with one attached hydrogen (secondary N) is 2. The number of fused-ring (bicyclic) bond motifs is 1. The van der Waals surface area contributed by atoms with Crippen LogP contribution in [-0.2, 0) is 0 Å². The highest BCUT2D eigenvalue weighted by molar-refractivity contribution is 7.99. The van der Waals surface area contributed by atoms with E-state index in [-0.39, 0.29) is 5.28 Å². The van der Waals surface area contributed by atoms with Crippen molar-refractivity contribution in [3.05, 3.63) is 11.6 Å². The molecule has 1 aliphatic heterocycles. The van der Waals surface area contributed by atoms with Crippen molar-refractivity contribution in [1.82, 2.24) is 19.9 Å². The number of thioether (sulfide) groups is 1. The number of aromatic nitrogens is 4. The van der Waals surface area contributed by atoms with Crippen molar-refractivity contribution in [2.24, 2.45) is 5.92 Å². The number of anilines is 1. The zero-order valence-electron chi connectivity index (χ0n) is 9.82. The highest BCUT2D eigenvalue weighted by atomic mass is 35.5. The van der Waals surface area contributed by atoms with Gasteiger partial charge in [0.25, 0.3) is 0 Å². The van der Waals surface area contributed by atoms with Gasteiger partial charge in [-0.15, -0.1) is 0 Å². The van der Waals surface area contributed by atoms with Crippen molar-refractivity contribution in [1.29, 1.82) is 0 Å². The Balaban J connectivity index is 1.75. The van der Waals surface area contributed by atoms with Crippen LogP contribution in [0.1, 0.15) is 12.8 Å². The fourth-order valence-electron chi connectivity index (χ4n) is 2.13. The van der Waals surface area contributed by atoms with Gasteiger partial charge in [-0.1, -0.05) is 0 Å². The molecule has 96 valence electrons. The summed E-state index contributed by atoms with van der Waals surface area (Å²) in [7, 11) is 0. The van der Waals surface area contributed by atoms with Gasteiger partial charge in [0, 0.05) is 6.54 Å². The van der Waals surface area contributed by atoms with Crippen LogP contribution in [0.5, 0.6) is 0 Å². The van der Waals surface area contributed by atoms with E-state index in [2.05, 4.69) is 25.3 Å². The van der Waals surface area contributed by atoms with Crippen LogP contribution in [0, 0.1) is 5.92 Å². The standard InChI is InChI=1S/C11H14ClN5S/c12-11-16-9(8-10(17-11)15-6-14-8)13-5-7-1-3-18-4-2-7/h6-7H,1-5H2,(H2,13,14,15,16,17). The summed E-state index contributed by atoms with van der Waals surface area (Å²) in [6.07, 6.45) is 4.14. The molecule has 18 heavy (non-hydrogen) atoms. The highest BCUT2D eigenvalue weighted by Gasteiger charge is 2.15. The second-order valence-corrected chi connectivity index (χ2v) is 5.94. The summed E-state index contributed by atoms with van der Waals surface area (Å²) in [4.78, 5) is 15.4. The lowest BCUT2D eigenvalue weighted by atomic mass is 10.0. The quantitative estimate of drug-likeness (QED) is 0.848. The van der Waals surface area contributed by atoms with Gasteiger partial charge in [-0.2, -0.15) is 21.7 Å². The molecule has 2 aromatic heterocycles. The van der Waals surface area contributed by atoms with Crippen LogP contribution in [-0.4, -0.2) is 38.0 Å². The van der Waals surface area contributed by atoms with Crippen molar-refractivity contribution >= 4 is 40.3 Å². The predicted octanol–water partition coefficient (Wildman–Crippen LogP) is 2.56. The Morgan fingerprint density at radius 3 is 3.06 bits per heavy atom. The second kappa shape index (κ2) is 5.32. The summed E-state index contributed by atoms with van der Waals surface area (Å²) in [6, 6.07) is 0. The molecule has 0 aromatic carbocycles. The Bertz CT molecular complexity index is 537. The van der Waals surface area contributed by atoms with Crippen LogP contribution in [0.4, 0.5) is 5.82 Å². The van der Waals surface area contributed by atoms with Crippen molar-refractivity contribution in [2.75, 3.05) is 23.4 Å². The topological polar surface area (TPSA) is 66.5 Å². The van der Waals surface area contributed by atoms with Crippen molar-refractivity contribution in [3.63, 3.8) is 0 Å². The number of rotatable bonds is 3. The zero-order valence-corrected chi connectivity index (χ0v) is 11.4. The smallest absolute Gasteiger partial charge is 0.226 e. The zero-order chi connectivity index (χ0) is 12.4. The molecule has 0 bridgehead atoms. The van der Waals surface area contributed by atoms with Gasteiger partial charge in [-0.3, -0.25) is 0 Å². The maximum absolute atomic E-state index is 5.88. The molecule has 2 aromatic rings. The first-order chi connectivity index (χ1) is 8.83. The molecular formula is C11H14ClN5S. The number of halogens is 1. The van der Waals surface area contributed by atoms with E-state index in [0.29, 0.717) is 5.65 Å². The first-order valence-electron chi connectivity index (χ1n) is 6.01. The number of hydrogen-bond acceptors (Lipinski definition) is 5. The van der Waals surface area contributed by atoms with Crippen LogP contribution in [0.15, 0.2) is 6.33 Å². The molecule has 3 rings (SSSR count). The summed E-state index contributed by atoms with van der Waals surface area (Å²) in [5.41, 5.74) is 1.43. The largest absolute Gasteiger partial charge is 0.368 e. The predicted molar refractivity (Wildman–Crippen MR) is 75.2 cm³/mol. The Hall–Kier alpha value is -1.01. The molecule has 0 saturated carbocycles. The first kappa shape index (κ1) is 12.0. The minimum atomic E-state index is 0.233. The van der Waals surface area contributed by atoms with Crippen molar-refractivity contribution < 1.29 is 0 Å². The molecular weight excluding hydrogens is 270 g/mol. The number of aromatic amines is 1. The van der Waals surface area contributed by atoms with Crippen molar-refractivity contribution in [3.8, 4) is 0 Å². The van der Waals surface area contributed by atoms with Crippen LogP contribution in [0.3, 0.4) is 0 Å². The molecule has 1 fully saturated rings. The van der Waals surface area contributed by atoms with E-state index in [1.807, 2.05) is 11.8 Å². The van der Waals surface area contributed by atoms with Gasteiger partial charge in [-0.25, -0.2) is 4.98 Å². The number of nitrogens with zero attached hydrogens (tertiary/aromatic N) is 3. The molecule has 0 spiro atoms. The number of H-pyrrole nitrogens is 1. The lowest BCUT2D eigenvalue weighted by molar-refractivity contribution is 0.515. The third kappa shape index (κ3) is 2.54. The average molecular weight is 284 g/mol. The van der Waals surface area contributed by atoms with E-state index >= 15 is 0 Å². The molecule has 3 heterocycles. The Morgan fingerprint density at radius 1 is 1.39 bits per heavy atom. The third-order valence-corrected chi connectivity index (χ3v) is 4.38. The van der Waals surface area contributed by atoms with Gasteiger partial charge < -0.3 is 10.3 Å². The lowest BCUT2D eigenvalue weighted by Crippen LogP contribution is -2.19. The molecule has 2 N–H and O–H groups in total. The average Bonchev–Trinajstić information content (AvgIpc) is 2.85. The van der Waals surface area contributed by atoms with Crippen LogP contribution in [0.2, 0.25) is 5.28 Å². The molecule has 1 aliphatic rings. The molecule has 1 saturated heterocycles. The normalized spacial score (nSPS) is 17.2. The molecule has 0 atom stereocenters. The SMILES string of the molecule is Clc1nc(NCC2CCSCC2)c2[nH]cnc2n1. The maximum atomic E-state index is 5.88. The van der Waals surface area contributed by atoms with E-state index in [1.54, 1.807) is 6.33 Å². The fraction of sp³-hybridized carbons (Fsp3) is 0.545. The molecule has 7 heteroatoms. The Kier molecular flexibility index (Phi) is 3.56. The molecule has 0 radical (unpaired) electrons. The van der Waals surface area contributed by atoms with Crippen LogP contribution >= 0.6 is 23.4 Å². The molecule has 0 aliphatic carbocycles. The van der Waals surface area contributed by atoms with E-state index < -0.39 is 0 Å². The molecule has 5 nitrogen and oxygen atoms in total. The Labute approximate surface area is 114 Å². The fourth-order valence-corrected chi connectivity index (χ4v) is 3.49. The first-order valence-corrected chi connectivity index (χ1v) is 7.54. The van der Waals surface area contributed by atoms with E-state index in [9.17, 15) is 0 Å². The van der Waals surface area contributed by atoms with Crippen LogP contribution in [0.25, 0.3) is 11.2 Å². The van der Waals surface area contributed by atoms with E-state index in [0.717, 1.165) is 23.8 Å². The molecule has 0 unspecified atom stereocenters. The van der Waals surface area contributed by atoms with E-state index in [4.69, 9.17) is 11.6 Å². The number of hydrogen-bond donors (Lipinski definition) is 2. The second-order valence-electron chi connectivity index (χ2n) is 4.38. The highest BCUT2D eigenvalue weighted by Crippen LogP contribution is 2.24. The lowest BCUT2D eigenvalue weighted by Gasteiger charge is -2.21. The summed E-state index contributed by atoms with van der Waals surface area (Å²) in [5, 5.41) is 3.60. The maximum Gasteiger partial charge on any atom is 0.226 e. The monoisotopic (exact) mass is 283 g/mol. The van der Waals surface area contributed by atoms with Gasteiger partial charge in [0.1, 0.15) is 5.52 Å². The minimum Gasteiger partial charge on any atom is -0.368 e. The van der Waals surface area contributed by atoms with Gasteiger partial charge in [0.15, 0.2) is 11.5 Å². The van der Waals surface area contributed by atoms with Gasteiger partial charge in [0.05, 0.1) is 6.33 Å². The van der Waals surface area contributed by atoms with Crippen LogP contribution < -0.4 is 5.32 Å². The molecule has 0 amide bonds. The summed E-state index contributed by atoms with van der Waals surface area (Å²) < 4.78 is 0. The third-order valence-electron chi connectivity index (χ3n) is 3.16. The van der Waals surface area contributed by atoms with Gasteiger partial charge in [-0.05, 0) is 41.9 Å². The summed E-state index contributed by atoms with van der Waals surface area (Å²) >= 11 is 7.92. The summed E-state index contributed by atoms with van der Waals surface area (Å²) in [6.45, 7) is 0.933. The minimum absolute atomic E-state index is 0.233. The Morgan fingerprint density at radius 2 is 2.22 bits per heavy atom. The van der Waals surface area contributed by atoms with Gasteiger partial charge >= 0.3 is 0 Å². The van der Waals surface area contributed by atoms with Gasteiger partial charge in [0.2, 0.25) is 5.28 Å². The van der Waals surface area contributed by atoms with Crippen molar-refractivity contribution in [2.45, 2.75) is 12.8 Å².